The van der Waals surface area contributed by atoms with Crippen LogP contribution in [0.1, 0.15) is 32.0 Å². The van der Waals surface area contributed by atoms with Gasteiger partial charge >= 0.3 is 0 Å². The molecule has 7 heteroatoms. The van der Waals surface area contributed by atoms with Crippen molar-refractivity contribution in [2.24, 2.45) is 0 Å². The molecule has 2 rings (SSSR count). The molecule has 0 spiro atoms. The third-order valence-corrected chi connectivity index (χ3v) is 4.74. The Kier molecular flexibility index (Phi) is 4.84. The van der Waals surface area contributed by atoms with E-state index in [9.17, 15) is 8.42 Å². The second-order valence-electron chi connectivity index (χ2n) is 5.93. The number of nitrogens with zero attached hydrogens (tertiary/aromatic N) is 2. The van der Waals surface area contributed by atoms with Gasteiger partial charge in [0.1, 0.15) is 6.33 Å². The highest BCUT2D eigenvalue weighted by atomic mass is 35.5. The Bertz CT molecular complexity index is 753. The molecular formula is C15H18ClN3O2S. The van der Waals surface area contributed by atoms with Crippen LogP contribution >= 0.6 is 11.6 Å². The normalized spacial score (nSPS) is 12.4. The van der Waals surface area contributed by atoms with Gasteiger partial charge in [-0.25, -0.2) is 23.1 Å². The van der Waals surface area contributed by atoms with Crippen LogP contribution in [0.3, 0.4) is 0 Å². The Morgan fingerprint density at radius 3 is 2.41 bits per heavy atom. The fourth-order valence-electron chi connectivity index (χ4n) is 2.03. The Labute approximate surface area is 135 Å². The fraction of sp³-hybridized carbons (Fsp3) is 0.333. The molecule has 0 atom stereocenters. The Balaban J connectivity index is 2.22. The molecule has 1 N–H and O–H groups in total. The van der Waals surface area contributed by atoms with Crippen molar-refractivity contribution >= 4 is 21.6 Å². The zero-order valence-electron chi connectivity index (χ0n) is 12.7. The van der Waals surface area contributed by atoms with E-state index in [4.69, 9.17) is 11.6 Å². The number of benzene rings is 1. The van der Waals surface area contributed by atoms with Gasteiger partial charge in [0.05, 0.1) is 10.6 Å². The maximum atomic E-state index is 12.3. The van der Waals surface area contributed by atoms with E-state index < -0.39 is 10.0 Å². The summed E-state index contributed by atoms with van der Waals surface area (Å²) in [6, 6.07) is 6.03. The van der Waals surface area contributed by atoms with E-state index in [0.717, 1.165) is 11.3 Å². The molecule has 0 bridgehead atoms. The van der Waals surface area contributed by atoms with Crippen LogP contribution < -0.4 is 4.72 Å². The van der Waals surface area contributed by atoms with Gasteiger partial charge in [-0.3, -0.25) is 0 Å². The van der Waals surface area contributed by atoms with Crippen molar-refractivity contribution in [2.45, 2.75) is 37.6 Å². The lowest BCUT2D eigenvalue weighted by Gasteiger charge is -2.21. The lowest BCUT2D eigenvalue weighted by Crippen LogP contribution is -2.26. The first kappa shape index (κ1) is 16.9. The number of rotatable bonds is 4. The molecule has 118 valence electrons. The van der Waals surface area contributed by atoms with Crippen molar-refractivity contribution in [3.8, 4) is 0 Å². The van der Waals surface area contributed by atoms with Crippen molar-refractivity contribution < 1.29 is 8.42 Å². The van der Waals surface area contributed by atoms with E-state index in [1.807, 2.05) is 20.8 Å². The summed E-state index contributed by atoms with van der Waals surface area (Å²) < 4.78 is 27.1. The van der Waals surface area contributed by atoms with Gasteiger partial charge in [-0.1, -0.05) is 32.4 Å². The van der Waals surface area contributed by atoms with E-state index in [1.165, 1.54) is 18.5 Å². The monoisotopic (exact) mass is 339 g/mol. The maximum Gasteiger partial charge on any atom is 0.240 e. The summed E-state index contributed by atoms with van der Waals surface area (Å²) in [4.78, 5) is 8.42. The van der Waals surface area contributed by atoms with Crippen LogP contribution in [0.25, 0.3) is 0 Å². The van der Waals surface area contributed by atoms with Crippen molar-refractivity contribution in [2.75, 3.05) is 0 Å². The summed E-state index contributed by atoms with van der Waals surface area (Å²) in [6.07, 6.45) is 3.11. The van der Waals surface area contributed by atoms with Gasteiger partial charge in [0.15, 0.2) is 0 Å². The molecule has 22 heavy (non-hydrogen) atoms. The fourth-order valence-corrected chi connectivity index (χ4v) is 3.17. The minimum atomic E-state index is -3.60. The van der Waals surface area contributed by atoms with Gasteiger partial charge in [0.2, 0.25) is 10.0 Å². The molecule has 1 aromatic carbocycles. The van der Waals surface area contributed by atoms with E-state index >= 15 is 0 Å². The zero-order valence-corrected chi connectivity index (χ0v) is 14.2. The molecule has 0 radical (unpaired) electrons. The lowest BCUT2D eigenvalue weighted by molar-refractivity contribution is 0.551. The molecule has 0 amide bonds. The second kappa shape index (κ2) is 6.32. The number of halogens is 1. The van der Waals surface area contributed by atoms with Crippen LogP contribution in [-0.4, -0.2) is 18.4 Å². The molecule has 0 aliphatic rings. The predicted octanol–water partition coefficient (Wildman–Crippen LogP) is 2.91. The minimum absolute atomic E-state index is 0.137. The first-order valence-corrected chi connectivity index (χ1v) is 8.61. The summed E-state index contributed by atoms with van der Waals surface area (Å²) in [5.41, 5.74) is 1.39. The first-order valence-electron chi connectivity index (χ1n) is 6.75. The van der Waals surface area contributed by atoms with Gasteiger partial charge in [0.25, 0.3) is 0 Å². The Hall–Kier alpha value is -1.50. The average Bonchev–Trinajstić information content (AvgIpc) is 2.45. The van der Waals surface area contributed by atoms with Gasteiger partial charge in [-0.05, 0) is 24.3 Å². The van der Waals surface area contributed by atoms with E-state index in [-0.39, 0.29) is 16.9 Å². The first-order chi connectivity index (χ1) is 10.2. The lowest BCUT2D eigenvalue weighted by atomic mass is 9.89. The van der Waals surface area contributed by atoms with Crippen LogP contribution in [0, 0.1) is 0 Å². The Morgan fingerprint density at radius 1 is 1.18 bits per heavy atom. The molecule has 5 nitrogen and oxygen atoms in total. The molecule has 0 saturated carbocycles. The molecule has 0 aliphatic heterocycles. The highest BCUT2D eigenvalue weighted by Gasteiger charge is 2.21. The van der Waals surface area contributed by atoms with Crippen molar-refractivity contribution in [3.05, 3.63) is 53.1 Å². The zero-order chi connectivity index (χ0) is 16.4. The van der Waals surface area contributed by atoms with Crippen molar-refractivity contribution in [1.29, 1.82) is 0 Å². The van der Waals surface area contributed by atoms with Gasteiger partial charge in [0, 0.05) is 28.7 Å². The highest BCUT2D eigenvalue weighted by Crippen LogP contribution is 2.23. The average molecular weight is 340 g/mol. The standard InChI is InChI=1S/C15H18ClN3O2S/c1-15(2,3)14-11(8-17-10-18-14)9-19-22(20,21)13-6-4-12(16)5-7-13/h4-8,10,19H,9H2,1-3H3. The van der Waals surface area contributed by atoms with Crippen LogP contribution in [-0.2, 0) is 22.0 Å². The molecule has 0 unspecified atom stereocenters. The van der Waals surface area contributed by atoms with Crippen LogP contribution in [0.2, 0.25) is 5.02 Å². The molecule has 2 aromatic rings. The molecule has 1 aromatic heterocycles. The van der Waals surface area contributed by atoms with Gasteiger partial charge in [-0.15, -0.1) is 0 Å². The molecule has 0 fully saturated rings. The molecule has 0 aliphatic carbocycles. The number of nitrogens with one attached hydrogen (secondary N) is 1. The van der Waals surface area contributed by atoms with Crippen molar-refractivity contribution in [3.63, 3.8) is 0 Å². The summed E-state index contributed by atoms with van der Waals surface area (Å²) in [5.74, 6) is 0. The molecular weight excluding hydrogens is 322 g/mol. The third-order valence-electron chi connectivity index (χ3n) is 3.08. The quantitative estimate of drug-likeness (QED) is 0.929. The third kappa shape index (κ3) is 4.03. The molecule has 0 saturated heterocycles. The van der Waals surface area contributed by atoms with E-state index in [1.54, 1.807) is 18.3 Å². The highest BCUT2D eigenvalue weighted by molar-refractivity contribution is 7.89. The largest absolute Gasteiger partial charge is 0.244 e. The number of hydrogen-bond acceptors (Lipinski definition) is 4. The van der Waals surface area contributed by atoms with E-state index in [2.05, 4.69) is 14.7 Å². The second-order valence-corrected chi connectivity index (χ2v) is 8.13. The van der Waals surface area contributed by atoms with Crippen molar-refractivity contribution in [1.82, 2.24) is 14.7 Å². The molecule has 1 heterocycles. The Morgan fingerprint density at radius 2 is 1.82 bits per heavy atom. The van der Waals surface area contributed by atoms with Gasteiger partial charge < -0.3 is 0 Å². The van der Waals surface area contributed by atoms with E-state index in [0.29, 0.717) is 5.02 Å². The number of sulfonamides is 1. The number of aromatic nitrogens is 2. The number of hydrogen-bond donors (Lipinski definition) is 1. The van der Waals surface area contributed by atoms with Crippen LogP contribution in [0.15, 0.2) is 41.7 Å². The summed E-state index contributed by atoms with van der Waals surface area (Å²) in [5, 5.41) is 0.491. The smallest absolute Gasteiger partial charge is 0.240 e. The van der Waals surface area contributed by atoms with Crippen LogP contribution in [0.5, 0.6) is 0 Å². The van der Waals surface area contributed by atoms with Gasteiger partial charge in [-0.2, -0.15) is 0 Å². The minimum Gasteiger partial charge on any atom is -0.244 e. The summed E-state index contributed by atoms with van der Waals surface area (Å²) >= 11 is 5.77. The SMILES string of the molecule is CC(C)(C)c1ncncc1CNS(=O)(=O)c1ccc(Cl)cc1. The topological polar surface area (TPSA) is 72.0 Å². The maximum absolute atomic E-state index is 12.3. The predicted molar refractivity (Wildman–Crippen MR) is 86.2 cm³/mol. The van der Waals surface area contributed by atoms with Crippen LogP contribution in [0.4, 0.5) is 0 Å². The summed E-state index contributed by atoms with van der Waals surface area (Å²) in [6.45, 7) is 6.20. The summed E-state index contributed by atoms with van der Waals surface area (Å²) in [7, 11) is -3.60.